The van der Waals surface area contributed by atoms with Crippen LogP contribution in [0.4, 0.5) is 0 Å². The van der Waals surface area contributed by atoms with E-state index in [2.05, 4.69) is 11.6 Å². The van der Waals surface area contributed by atoms with Crippen molar-refractivity contribution >= 4 is 40.8 Å². The summed E-state index contributed by atoms with van der Waals surface area (Å²) in [7, 11) is 1.40. The van der Waals surface area contributed by atoms with E-state index in [1.54, 1.807) is 19.1 Å². The molecule has 0 fully saturated rings. The molecule has 0 aromatic heterocycles. The van der Waals surface area contributed by atoms with Crippen molar-refractivity contribution in [2.24, 2.45) is 10.7 Å². The Morgan fingerprint density at radius 3 is 2.57 bits per heavy atom. The SMILES string of the molecule is C=C(OCc1ccc(Cl)c(Cl)c1)/C(C)=C(Cl)\N=C(/N)OC. The van der Waals surface area contributed by atoms with Gasteiger partial charge in [0, 0.05) is 5.57 Å². The molecule has 1 aromatic carbocycles. The lowest BCUT2D eigenvalue weighted by Gasteiger charge is -2.11. The second-order valence-corrected chi connectivity index (χ2v) is 5.20. The molecule has 0 aliphatic carbocycles. The average molecular weight is 350 g/mol. The van der Waals surface area contributed by atoms with Gasteiger partial charge in [-0.3, -0.25) is 0 Å². The summed E-state index contributed by atoms with van der Waals surface area (Å²) in [5.74, 6) is 0.374. The highest BCUT2D eigenvalue weighted by molar-refractivity contribution is 6.42. The van der Waals surface area contributed by atoms with Gasteiger partial charge in [0.25, 0.3) is 6.02 Å². The Morgan fingerprint density at radius 1 is 1.33 bits per heavy atom. The molecule has 0 radical (unpaired) electrons. The van der Waals surface area contributed by atoms with Crippen LogP contribution in [0.5, 0.6) is 0 Å². The van der Waals surface area contributed by atoms with Crippen molar-refractivity contribution in [3.05, 3.63) is 56.9 Å². The van der Waals surface area contributed by atoms with Crippen molar-refractivity contribution in [3.63, 3.8) is 0 Å². The molecule has 4 nitrogen and oxygen atoms in total. The summed E-state index contributed by atoms with van der Waals surface area (Å²) in [5, 5.41) is 1.10. The van der Waals surface area contributed by atoms with Gasteiger partial charge in [-0.25, -0.2) is 0 Å². The van der Waals surface area contributed by atoms with E-state index in [1.165, 1.54) is 7.11 Å². The maximum atomic E-state index is 5.98. The van der Waals surface area contributed by atoms with Gasteiger partial charge in [-0.15, -0.1) is 0 Å². The molecular weight excluding hydrogens is 335 g/mol. The van der Waals surface area contributed by atoms with E-state index in [9.17, 15) is 0 Å². The Bertz CT molecular complexity index is 598. The van der Waals surface area contributed by atoms with E-state index >= 15 is 0 Å². The van der Waals surface area contributed by atoms with Crippen LogP contribution in [0.2, 0.25) is 10.0 Å². The summed E-state index contributed by atoms with van der Waals surface area (Å²) in [4.78, 5) is 3.83. The zero-order valence-corrected chi connectivity index (χ0v) is 13.9. The number of methoxy groups -OCH3 is 1. The molecule has 114 valence electrons. The number of nitrogens with zero attached hydrogens (tertiary/aromatic N) is 1. The zero-order valence-electron chi connectivity index (χ0n) is 11.6. The molecule has 0 heterocycles. The molecule has 0 aliphatic rings. The molecule has 0 spiro atoms. The number of nitrogens with two attached hydrogens (primary N) is 1. The molecule has 0 amide bonds. The van der Waals surface area contributed by atoms with E-state index in [4.69, 9.17) is 50.0 Å². The number of rotatable bonds is 5. The minimum absolute atomic E-state index is 0.0448. The summed E-state index contributed by atoms with van der Waals surface area (Å²) in [6.07, 6.45) is 0. The van der Waals surface area contributed by atoms with Crippen molar-refractivity contribution in [1.29, 1.82) is 0 Å². The molecule has 0 unspecified atom stereocenters. The summed E-state index contributed by atoms with van der Waals surface area (Å²) >= 11 is 17.8. The van der Waals surface area contributed by atoms with Gasteiger partial charge < -0.3 is 15.2 Å². The maximum absolute atomic E-state index is 5.98. The van der Waals surface area contributed by atoms with Crippen LogP contribution in [0.25, 0.3) is 0 Å². The Balaban J connectivity index is 2.72. The fraction of sp³-hybridized carbons (Fsp3) is 0.214. The summed E-state index contributed by atoms with van der Waals surface area (Å²) in [6.45, 7) is 5.78. The lowest BCUT2D eigenvalue weighted by molar-refractivity contribution is 0.208. The Morgan fingerprint density at radius 2 is 2.00 bits per heavy atom. The maximum Gasteiger partial charge on any atom is 0.287 e. The number of ether oxygens (including phenoxy) is 2. The van der Waals surface area contributed by atoms with Crippen molar-refractivity contribution in [1.82, 2.24) is 0 Å². The van der Waals surface area contributed by atoms with Crippen molar-refractivity contribution in [2.45, 2.75) is 13.5 Å². The van der Waals surface area contributed by atoms with Crippen LogP contribution in [-0.2, 0) is 16.1 Å². The smallest absolute Gasteiger partial charge is 0.287 e. The molecule has 2 N–H and O–H groups in total. The molecule has 0 bridgehead atoms. The van der Waals surface area contributed by atoms with Crippen LogP contribution in [-0.4, -0.2) is 13.1 Å². The van der Waals surface area contributed by atoms with Gasteiger partial charge in [-0.2, -0.15) is 4.99 Å². The number of benzene rings is 1. The van der Waals surface area contributed by atoms with Crippen LogP contribution in [0.15, 0.2) is 46.3 Å². The van der Waals surface area contributed by atoms with Crippen molar-refractivity contribution < 1.29 is 9.47 Å². The highest BCUT2D eigenvalue weighted by atomic mass is 35.5. The minimum Gasteiger partial charge on any atom is -0.489 e. The third-order valence-corrected chi connectivity index (χ3v) is 3.65. The highest BCUT2D eigenvalue weighted by Crippen LogP contribution is 2.24. The summed E-state index contributed by atoms with van der Waals surface area (Å²) < 4.78 is 10.2. The van der Waals surface area contributed by atoms with Gasteiger partial charge in [-0.1, -0.05) is 47.4 Å². The standard InChI is InChI=1S/C14H15Cl3N2O2/c1-8(13(17)19-14(18)20-3)9(2)21-7-10-4-5-11(15)12(16)6-10/h4-6H,2,7H2,1,3H3,(H2,18,19)/b13-8-. The van der Waals surface area contributed by atoms with E-state index in [-0.39, 0.29) is 17.8 Å². The number of allylic oxidation sites excluding steroid dienone is 1. The van der Waals surface area contributed by atoms with E-state index in [0.29, 0.717) is 21.4 Å². The molecule has 0 aliphatic heterocycles. The van der Waals surface area contributed by atoms with Crippen LogP contribution in [0.3, 0.4) is 0 Å². The van der Waals surface area contributed by atoms with Gasteiger partial charge in [0.1, 0.15) is 17.5 Å². The number of halogens is 3. The highest BCUT2D eigenvalue weighted by Gasteiger charge is 2.07. The number of amidine groups is 1. The third-order valence-electron chi connectivity index (χ3n) is 2.54. The first-order valence-electron chi connectivity index (χ1n) is 5.85. The fourth-order valence-electron chi connectivity index (χ4n) is 1.25. The molecule has 1 rings (SSSR count). The van der Waals surface area contributed by atoms with Gasteiger partial charge in [0.15, 0.2) is 0 Å². The fourth-order valence-corrected chi connectivity index (χ4v) is 1.76. The normalized spacial score (nSPS) is 12.7. The quantitative estimate of drug-likeness (QED) is 0.281. The third kappa shape index (κ3) is 5.50. The number of aliphatic imine (C=N–C) groups is 1. The molecule has 0 atom stereocenters. The first-order valence-corrected chi connectivity index (χ1v) is 6.99. The molecule has 0 saturated carbocycles. The Hall–Kier alpha value is -1.36. The van der Waals surface area contributed by atoms with Crippen LogP contribution in [0, 0.1) is 0 Å². The summed E-state index contributed by atoms with van der Waals surface area (Å²) in [5.41, 5.74) is 6.83. The lowest BCUT2D eigenvalue weighted by atomic mass is 10.2. The Labute approximate surface area is 138 Å². The number of hydrogen-bond donors (Lipinski definition) is 1. The monoisotopic (exact) mass is 348 g/mol. The summed E-state index contributed by atoms with van der Waals surface area (Å²) in [6, 6.07) is 5.18. The molecular formula is C14H15Cl3N2O2. The second-order valence-electron chi connectivity index (χ2n) is 4.03. The van der Waals surface area contributed by atoms with Crippen molar-refractivity contribution in [3.8, 4) is 0 Å². The van der Waals surface area contributed by atoms with Crippen LogP contribution >= 0.6 is 34.8 Å². The minimum atomic E-state index is -0.0448. The van der Waals surface area contributed by atoms with Crippen molar-refractivity contribution in [2.75, 3.05) is 7.11 Å². The van der Waals surface area contributed by atoms with Crippen LogP contribution in [0.1, 0.15) is 12.5 Å². The largest absolute Gasteiger partial charge is 0.489 e. The average Bonchev–Trinajstić information content (AvgIpc) is 2.46. The lowest BCUT2D eigenvalue weighted by Crippen LogP contribution is -2.13. The zero-order chi connectivity index (χ0) is 16.0. The molecule has 7 heteroatoms. The molecule has 0 saturated heterocycles. The van der Waals surface area contributed by atoms with Gasteiger partial charge >= 0.3 is 0 Å². The van der Waals surface area contributed by atoms with Gasteiger partial charge in [0.05, 0.1) is 17.2 Å². The first-order chi connectivity index (χ1) is 9.85. The van der Waals surface area contributed by atoms with Crippen LogP contribution < -0.4 is 5.73 Å². The van der Waals surface area contributed by atoms with E-state index in [1.807, 2.05) is 6.07 Å². The van der Waals surface area contributed by atoms with E-state index in [0.717, 1.165) is 5.56 Å². The topological polar surface area (TPSA) is 56.8 Å². The molecule has 21 heavy (non-hydrogen) atoms. The predicted octanol–water partition coefficient (Wildman–Crippen LogP) is 4.46. The first kappa shape index (κ1) is 17.7. The Kier molecular flexibility index (Phi) is 6.89. The molecule has 1 aromatic rings. The predicted molar refractivity (Wildman–Crippen MR) is 87.6 cm³/mol. The van der Waals surface area contributed by atoms with Gasteiger partial charge in [0.2, 0.25) is 0 Å². The second kappa shape index (κ2) is 8.17. The van der Waals surface area contributed by atoms with Gasteiger partial charge in [-0.05, 0) is 24.6 Å². The van der Waals surface area contributed by atoms with E-state index < -0.39 is 0 Å². The number of hydrogen-bond acceptors (Lipinski definition) is 3.